The highest BCUT2D eigenvalue weighted by molar-refractivity contribution is 6.10. The Morgan fingerprint density at radius 3 is 1.48 bits per heavy atom. The van der Waals surface area contributed by atoms with Gasteiger partial charge >= 0.3 is 0 Å². The summed E-state index contributed by atoms with van der Waals surface area (Å²) in [6.07, 6.45) is 0. The zero-order valence-electron chi connectivity index (χ0n) is 37.7. The van der Waals surface area contributed by atoms with Crippen LogP contribution in [0.25, 0.3) is 88.7 Å². The second-order valence-electron chi connectivity index (χ2n) is 18.2. The molecule has 0 saturated heterocycles. The lowest BCUT2D eigenvalue weighted by Gasteiger charge is -2.33. The summed E-state index contributed by atoms with van der Waals surface area (Å²) in [7, 11) is 0. The van der Waals surface area contributed by atoms with E-state index in [9.17, 15) is 0 Å². The number of benzene rings is 11. The van der Waals surface area contributed by atoms with Crippen LogP contribution in [0.3, 0.4) is 0 Å². The van der Waals surface area contributed by atoms with Crippen LogP contribution >= 0.6 is 0 Å². The fourth-order valence-electron chi connectivity index (χ4n) is 11.9. The van der Waals surface area contributed by atoms with E-state index in [0.29, 0.717) is 0 Å². The van der Waals surface area contributed by atoms with Crippen molar-refractivity contribution in [2.75, 3.05) is 4.90 Å². The van der Waals surface area contributed by atoms with Gasteiger partial charge in [-0.3, -0.25) is 0 Å². The van der Waals surface area contributed by atoms with Gasteiger partial charge in [0.25, 0.3) is 0 Å². The monoisotopic (exact) mass is 877 g/mol. The van der Waals surface area contributed by atoms with Crippen molar-refractivity contribution >= 4 is 39.0 Å². The van der Waals surface area contributed by atoms with Crippen LogP contribution in [0, 0.1) is 0 Å². The zero-order valence-corrected chi connectivity index (χ0v) is 37.7. The van der Waals surface area contributed by atoms with E-state index in [1.54, 1.807) is 0 Å². The third-order valence-electron chi connectivity index (χ3n) is 14.7. The van der Waals surface area contributed by atoms with E-state index in [4.69, 9.17) is 4.42 Å². The second kappa shape index (κ2) is 15.6. The van der Waals surface area contributed by atoms with Crippen molar-refractivity contribution in [1.29, 1.82) is 0 Å². The molecule has 2 heteroatoms. The maximum Gasteiger partial charge on any atom is 0.143 e. The van der Waals surface area contributed by atoms with Crippen LogP contribution in [0.15, 0.2) is 265 Å². The van der Waals surface area contributed by atoms with Crippen LogP contribution in [0.1, 0.15) is 22.3 Å². The molecule has 1 heterocycles. The molecule has 2 aliphatic rings. The predicted octanol–water partition coefficient (Wildman–Crippen LogP) is 18.1. The van der Waals surface area contributed by atoms with Gasteiger partial charge in [-0.05, 0) is 103 Å². The number of hydrogen-bond donors (Lipinski definition) is 0. The molecule has 11 aromatic carbocycles. The number of hydrogen-bond acceptors (Lipinski definition) is 2. The number of furan rings is 1. The molecule has 0 aliphatic heterocycles. The number of para-hydroxylation sites is 2. The summed E-state index contributed by atoms with van der Waals surface area (Å²) < 4.78 is 6.70. The average Bonchev–Trinajstić information content (AvgIpc) is 4.06. The summed E-state index contributed by atoms with van der Waals surface area (Å²) in [6.45, 7) is 0. The van der Waals surface area contributed by atoms with Crippen LogP contribution < -0.4 is 4.90 Å². The summed E-state index contributed by atoms with van der Waals surface area (Å²) >= 11 is 0. The van der Waals surface area contributed by atoms with Crippen molar-refractivity contribution in [1.82, 2.24) is 0 Å². The van der Waals surface area contributed by atoms with Gasteiger partial charge in [0.05, 0.1) is 16.8 Å². The first kappa shape index (κ1) is 39.2. The van der Waals surface area contributed by atoms with Crippen molar-refractivity contribution in [3.8, 4) is 66.8 Å². The highest BCUT2D eigenvalue weighted by atomic mass is 16.3. The minimum Gasteiger partial charge on any atom is -0.455 e. The standard InChI is InChI=1S/C67H43NO/c1-3-21-44(22-4-1)48-27-7-8-31-54(48)64-49(45-23-5-2-6-24-45)33-19-40-61(64)68(47-26-17-25-46(43-47)50-34-18-35-55-53-30-12-16-42-63(53)69-66(50)55)62-41-20-39-60-65(62)56-32-11-15-38-59(56)67(60)57-36-13-9-28-51(57)52-29-10-14-37-58(52)67/h1-43H. The summed E-state index contributed by atoms with van der Waals surface area (Å²) in [4.78, 5) is 2.55. The van der Waals surface area contributed by atoms with E-state index < -0.39 is 5.41 Å². The van der Waals surface area contributed by atoms with Crippen LogP contribution in [0.2, 0.25) is 0 Å². The molecular weight excluding hydrogens is 835 g/mol. The lowest BCUT2D eigenvalue weighted by Crippen LogP contribution is -2.26. The SMILES string of the molecule is c1ccc(-c2ccccc2-c2c(-c3ccccc3)cccc2N(c2cccc(-c3cccc4c3oc3ccccc34)c2)c2cccc3c2-c2ccccc2C32c3ccccc3-c3ccccc32)cc1. The van der Waals surface area contributed by atoms with Crippen molar-refractivity contribution in [3.63, 3.8) is 0 Å². The molecule has 2 nitrogen and oxygen atoms in total. The van der Waals surface area contributed by atoms with Gasteiger partial charge in [0.1, 0.15) is 11.2 Å². The minimum atomic E-state index is -0.506. The fourth-order valence-corrected chi connectivity index (χ4v) is 11.9. The molecule has 12 aromatic rings. The molecule has 0 unspecified atom stereocenters. The van der Waals surface area contributed by atoms with Crippen LogP contribution in [0.4, 0.5) is 17.1 Å². The Balaban J connectivity index is 1.10. The number of anilines is 3. The molecule has 0 fully saturated rings. The third-order valence-corrected chi connectivity index (χ3v) is 14.7. The van der Waals surface area contributed by atoms with E-state index in [0.717, 1.165) is 72.4 Å². The summed E-state index contributed by atoms with van der Waals surface area (Å²) in [5.41, 5.74) is 23.9. The topological polar surface area (TPSA) is 16.4 Å². The highest BCUT2D eigenvalue weighted by Crippen LogP contribution is 2.65. The van der Waals surface area contributed by atoms with Gasteiger partial charge in [0, 0.05) is 33.2 Å². The van der Waals surface area contributed by atoms with Gasteiger partial charge in [0.2, 0.25) is 0 Å². The Morgan fingerprint density at radius 1 is 0.290 bits per heavy atom. The summed E-state index contributed by atoms with van der Waals surface area (Å²) in [5.74, 6) is 0. The first-order valence-corrected chi connectivity index (χ1v) is 23.8. The predicted molar refractivity (Wildman–Crippen MR) is 286 cm³/mol. The molecule has 2 aliphatic carbocycles. The lowest BCUT2D eigenvalue weighted by molar-refractivity contribution is 0.670. The van der Waals surface area contributed by atoms with E-state index in [-0.39, 0.29) is 0 Å². The first-order chi connectivity index (χ1) is 34.3. The van der Waals surface area contributed by atoms with Gasteiger partial charge in [-0.15, -0.1) is 0 Å². The minimum absolute atomic E-state index is 0.506. The second-order valence-corrected chi connectivity index (χ2v) is 18.2. The van der Waals surface area contributed by atoms with Crippen LogP contribution in [-0.4, -0.2) is 0 Å². The Labute approximate surface area is 401 Å². The van der Waals surface area contributed by atoms with Crippen LogP contribution in [0.5, 0.6) is 0 Å². The molecule has 69 heavy (non-hydrogen) atoms. The van der Waals surface area contributed by atoms with E-state index in [1.165, 1.54) is 55.6 Å². The molecule has 0 radical (unpaired) electrons. The van der Waals surface area contributed by atoms with Crippen molar-refractivity contribution in [2.24, 2.45) is 0 Å². The third kappa shape index (κ3) is 5.79. The molecule has 322 valence electrons. The number of fused-ring (bicyclic) bond motifs is 13. The Bertz CT molecular complexity index is 3930. The largest absolute Gasteiger partial charge is 0.455 e. The Kier molecular flexibility index (Phi) is 8.84. The van der Waals surface area contributed by atoms with Crippen molar-refractivity contribution in [3.05, 3.63) is 283 Å². The number of nitrogens with zero attached hydrogens (tertiary/aromatic N) is 1. The molecule has 0 atom stereocenters. The maximum atomic E-state index is 6.70. The zero-order chi connectivity index (χ0) is 45.5. The van der Waals surface area contributed by atoms with Gasteiger partial charge in [0.15, 0.2) is 0 Å². The molecule has 0 bridgehead atoms. The molecule has 0 amide bonds. The fraction of sp³-hybridized carbons (Fsp3) is 0.0149. The van der Waals surface area contributed by atoms with Crippen molar-refractivity contribution < 1.29 is 4.42 Å². The lowest BCUT2D eigenvalue weighted by atomic mass is 9.70. The average molecular weight is 878 g/mol. The molecular formula is C67H43NO. The Hall–Kier alpha value is -8.98. The summed E-state index contributed by atoms with van der Waals surface area (Å²) in [6, 6.07) is 95.7. The summed E-state index contributed by atoms with van der Waals surface area (Å²) in [5, 5.41) is 2.23. The van der Waals surface area contributed by atoms with E-state index in [2.05, 4.69) is 260 Å². The molecule has 14 rings (SSSR count). The molecule has 0 saturated carbocycles. The molecule has 1 spiro atoms. The van der Waals surface area contributed by atoms with Gasteiger partial charge < -0.3 is 9.32 Å². The first-order valence-electron chi connectivity index (χ1n) is 23.8. The van der Waals surface area contributed by atoms with Crippen molar-refractivity contribution in [2.45, 2.75) is 5.41 Å². The number of rotatable bonds is 7. The molecule has 1 aromatic heterocycles. The van der Waals surface area contributed by atoms with Gasteiger partial charge in [-0.25, -0.2) is 0 Å². The van der Waals surface area contributed by atoms with E-state index >= 15 is 0 Å². The van der Waals surface area contributed by atoms with Gasteiger partial charge in [-0.2, -0.15) is 0 Å². The van der Waals surface area contributed by atoms with Gasteiger partial charge in [-0.1, -0.05) is 231 Å². The van der Waals surface area contributed by atoms with Crippen LogP contribution in [-0.2, 0) is 5.41 Å². The smallest absolute Gasteiger partial charge is 0.143 e. The Morgan fingerprint density at radius 2 is 0.754 bits per heavy atom. The quantitative estimate of drug-likeness (QED) is 0.159. The maximum absolute atomic E-state index is 6.70. The highest BCUT2D eigenvalue weighted by Gasteiger charge is 2.52. The molecule has 0 N–H and O–H groups in total. The van der Waals surface area contributed by atoms with E-state index in [1.807, 2.05) is 6.07 Å². The normalized spacial score (nSPS) is 12.8.